The highest BCUT2D eigenvalue weighted by Gasteiger charge is 2.25. The summed E-state index contributed by atoms with van der Waals surface area (Å²) in [6.45, 7) is 0.224. The molecule has 0 aliphatic heterocycles. The van der Waals surface area contributed by atoms with Crippen LogP contribution in [0.15, 0.2) is 18.2 Å². The van der Waals surface area contributed by atoms with Gasteiger partial charge in [-0.2, -0.15) is 0 Å². The van der Waals surface area contributed by atoms with Crippen molar-refractivity contribution < 1.29 is 5.11 Å². The Balaban J connectivity index is 2.13. The summed E-state index contributed by atoms with van der Waals surface area (Å²) in [6, 6.07) is 5.78. The zero-order chi connectivity index (χ0) is 12.3. The number of para-hydroxylation sites is 1. The number of aliphatic hydroxyl groups excluding tert-OH is 1. The van der Waals surface area contributed by atoms with Gasteiger partial charge in [0.1, 0.15) is 0 Å². The molecule has 1 aromatic carbocycles. The van der Waals surface area contributed by atoms with Gasteiger partial charge in [-0.3, -0.25) is 0 Å². The topological polar surface area (TPSA) is 58.3 Å². The average molecular weight is 255 g/mol. The first-order valence-electron chi connectivity index (χ1n) is 6.13. The molecule has 1 aromatic rings. The Kier molecular flexibility index (Phi) is 4.13. The van der Waals surface area contributed by atoms with E-state index in [1.54, 1.807) is 0 Å². The quantitative estimate of drug-likeness (QED) is 0.727. The number of nitrogen functional groups attached to an aromatic ring is 1. The lowest BCUT2D eigenvalue weighted by molar-refractivity contribution is 0.178. The molecule has 94 valence electrons. The number of hydrogen-bond acceptors (Lipinski definition) is 3. The molecule has 0 bridgehead atoms. The summed E-state index contributed by atoms with van der Waals surface area (Å²) in [5.41, 5.74) is 7.39. The summed E-state index contributed by atoms with van der Waals surface area (Å²) in [5, 5.41) is 13.4. The molecule has 0 saturated heterocycles. The van der Waals surface area contributed by atoms with E-state index in [4.69, 9.17) is 17.3 Å². The zero-order valence-electron chi connectivity index (χ0n) is 9.82. The molecule has 0 aromatic heterocycles. The van der Waals surface area contributed by atoms with E-state index in [1.165, 1.54) is 12.8 Å². The zero-order valence-corrected chi connectivity index (χ0v) is 10.6. The fraction of sp³-hybridized carbons (Fsp3) is 0.538. The molecule has 3 nitrogen and oxygen atoms in total. The van der Waals surface area contributed by atoms with Gasteiger partial charge in [0, 0.05) is 18.6 Å². The van der Waals surface area contributed by atoms with Crippen LogP contribution < -0.4 is 11.1 Å². The number of aliphatic hydroxyl groups is 1. The number of rotatable bonds is 3. The summed E-state index contributed by atoms with van der Waals surface area (Å²) in [4.78, 5) is 0. The van der Waals surface area contributed by atoms with Gasteiger partial charge in [-0.1, -0.05) is 30.5 Å². The van der Waals surface area contributed by atoms with Gasteiger partial charge < -0.3 is 16.2 Å². The highest BCUT2D eigenvalue weighted by atomic mass is 35.5. The largest absolute Gasteiger partial charge is 0.397 e. The molecule has 1 fully saturated rings. The fourth-order valence-corrected chi connectivity index (χ4v) is 2.73. The molecule has 17 heavy (non-hydrogen) atoms. The Bertz CT molecular complexity index is 363. The van der Waals surface area contributed by atoms with Crippen LogP contribution in [-0.4, -0.2) is 17.8 Å². The summed E-state index contributed by atoms with van der Waals surface area (Å²) in [6.07, 6.45) is 4.52. The van der Waals surface area contributed by atoms with Crippen LogP contribution >= 0.6 is 11.6 Å². The van der Waals surface area contributed by atoms with E-state index in [9.17, 15) is 5.11 Å². The first kappa shape index (κ1) is 12.5. The SMILES string of the molecule is Nc1cccc(Cl)c1NC1CCCCC1CO. The first-order chi connectivity index (χ1) is 8.22. The minimum atomic E-state index is 0.224. The lowest BCUT2D eigenvalue weighted by Crippen LogP contribution is -2.34. The van der Waals surface area contributed by atoms with Gasteiger partial charge >= 0.3 is 0 Å². The molecule has 4 N–H and O–H groups in total. The van der Waals surface area contributed by atoms with Crippen LogP contribution in [-0.2, 0) is 0 Å². The van der Waals surface area contributed by atoms with Gasteiger partial charge in [0.15, 0.2) is 0 Å². The van der Waals surface area contributed by atoms with Crippen molar-refractivity contribution in [2.75, 3.05) is 17.7 Å². The van der Waals surface area contributed by atoms with E-state index in [-0.39, 0.29) is 12.6 Å². The van der Waals surface area contributed by atoms with Crippen molar-refractivity contribution >= 4 is 23.0 Å². The Morgan fingerprint density at radius 3 is 2.82 bits per heavy atom. The predicted octanol–water partition coefficient (Wildman–Crippen LogP) is 2.89. The Hall–Kier alpha value is -0.930. The minimum absolute atomic E-state index is 0.224. The monoisotopic (exact) mass is 254 g/mol. The summed E-state index contributed by atoms with van der Waals surface area (Å²) >= 11 is 6.13. The van der Waals surface area contributed by atoms with Gasteiger partial charge in [0.2, 0.25) is 0 Å². The molecule has 1 saturated carbocycles. The number of benzene rings is 1. The maximum atomic E-state index is 9.37. The van der Waals surface area contributed by atoms with Crippen molar-refractivity contribution in [3.05, 3.63) is 23.2 Å². The molecule has 0 radical (unpaired) electrons. The van der Waals surface area contributed by atoms with Gasteiger partial charge in [-0.15, -0.1) is 0 Å². The summed E-state index contributed by atoms with van der Waals surface area (Å²) in [5.74, 6) is 0.305. The lowest BCUT2D eigenvalue weighted by Gasteiger charge is -2.32. The van der Waals surface area contributed by atoms with Crippen molar-refractivity contribution in [2.45, 2.75) is 31.7 Å². The molecule has 4 heteroatoms. The number of nitrogens with one attached hydrogen (secondary N) is 1. The fourth-order valence-electron chi connectivity index (χ4n) is 2.49. The number of halogens is 1. The smallest absolute Gasteiger partial charge is 0.0765 e. The van der Waals surface area contributed by atoms with Gasteiger partial charge in [0.25, 0.3) is 0 Å². The van der Waals surface area contributed by atoms with Crippen molar-refractivity contribution in [1.29, 1.82) is 0 Å². The number of anilines is 2. The maximum Gasteiger partial charge on any atom is 0.0765 e. The Labute approximate surface area is 107 Å². The Morgan fingerprint density at radius 2 is 2.12 bits per heavy atom. The Morgan fingerprint density at radius 1 is 1.35 bits per heavy atom. The van der Waals surface area contributed by atoms with Crippen molar-refractivity contribution in [3.63, 3.8) is 0 Å². The van der Waals surface area contributed by atoms with Crippen molar-refractivity contribution in [1.82, 2.24) is 0 Å². The van der Waals surface area contributed by atoms with E-state index in [0.717, 1.165) is 18.5 Å². The van der Waals surface area contributed by atoms with E-state index in [1.807, 2.05) is 18.2 Å². The van der Waals surface area contributed by atoms with E-state index >= 15 is 0 Å². The molecule has 2 unspecified atom stereocenters. The minimum Gasteiger partial charge on any atom is -0.397 e. The van der Waals surface area contributed by atoms with E-state index in [0.29, 0.717) is 16.6 Å². The normalized spacial score (nSPS) is 24.6. The maximum absolute atomic E-state index is 9.37. The second kappa shape index (κ2) is 5.61. The second-order valence-corrected chi connectivity index (χ2v) is 5.09. The molecule has 0 spiro atoms. The third-order valence-corrected chi connectivity index (χ3v) is 3.83. The van der Waals surface area contributed by atoms with Crippen LogP contribution in [0.3, 0.4) is 0 Å². The molecule has 0 amide bonds. The van der Waals surface area contributed by atoms with Crippen LogP contribution in [0.4, 0.5) is 11.4 Å². The van der Waals surface area contributed by atoms with Crippen LogP contribution in [0.5, 0.6) is 0 Å². The molecular weight excluding hydrogens is 236 g/mol. The predicted molar refractivity (Wildman–Crippen MR) is 72.3 cm³/mol. The van der Waals surface area contributed by atoms with Crippen molar-refractivity contribution in [2.24, 2.45) is 5.92 Å². The lowest BCUT2D eigenvalue weighted by atomic mass is 9.85. The highest BCUT2D eigenvalue weighted by molar-refractivity contribution is 6.33. The van der Waals surface area contributed by atoms with Gasteiger partial charge in [-0.05, 0) is 25.0 Å². The van der Waals surface area contributed by atoms with Crippen LogP contribution in [0.2, 0.25) is 5.02 Å². The third kappa shape index (κ3) is 2.85. The second-order valence-electron chi connectivity index (χ2n) is 4.68. The summed E-state index contributed by atoms with van der Waals surface area (Å²) < 4.78 is 0. The number of nitrogens with two attached hydrogens (primary N) is 1. The number of hydrogen-bond donors (Lipinski definition) is 3. The molecule has 2 rings (SSSR count). The first-order valence-corrected chi connectivity index (χ1v) is 6.51. The standard InChI is InChI=1S/C13H19ClN2O/c14-10-5-3-6-11(15)13(10)16-12-7-2-1-4-9(12)8-17/h3,5-6,9,12,16-17H,1-2,4,7-8,15H2. The molecule has 2 atom stereocenters. The molecule has 1 aliphatic rings. The van der Waals surface area contributed by atoms with Crippen molar-refractivity contribution in [3.8, 4) is 0 Å². The highest BCUT2D eigenvalue weighted by Crippen LogP contribution is 2.33. The molecule has 1 aliphatic carbocycles. The summed E-state index contributed by atoms with van der Waals surface area (Å²) in [7, 11) is 0. The molecular formula is C13H19ClN2O. The van der Waals surface area contributed by atoms with Crippen LogP contribution in [0.25, 0.3) is 0 Å². The van der Waals surface area contributed by atoms with Crippen LogP contribution in [0.1, 0.15) is 25.7 Å². The van der Waals surface area contributed by atoms with E-state index < -0.39 is 0 Å². The van der Waals surface area contributed by atoms with Gasteiger partial charge in [0.05, 0.1) is 16.4 Å². The third-order valence-electron chi connectivity index (χ3n) is 3.52. The van der Waals surface area contributed by atoms with Gasteiger partial charge in [-0.25, -0.2) is 0 Å². The van der Waals surface area contributed by atoms with Crippen LogP contribution in [0, 0.1) is 5.92 Å². The van der Waals surface area contributed by atoms with E-state index in [2.05, 4.69) is 5.32 Å². The molecule has 0 heterocycles. The average Bonchev–Trinajstić information content (AvgIpc) is 2.34.